The summed E-state index contributed by atoms with van der Waals surface area (Å²) in [6.45, 7) is 3.26. The maximum Gasteiger partial charge on any atom is 0.338 e. The Hall–Kier alpha value is -4.34. The van der Waals surface area contributed by atoms with Crippen molar-refractivity contribution in [2.24, 2.45) is 4.99 Å². The van der Waals surface area contributed by atoms with Crippen LogP contribution in [-0.4, -0.2) is 54.0 Å². The highest BCUT2D eigenvalue weighted by Gasteiger charge is 2.41. The van der Waals surface area contributed by atoms with Crippen LogP contribution >= 0.6 is 11.8 Å². The van der Waals surface area contributed by atoms with Crippen LogP contribution in [-0.2, 0) is 20.9 Å². The number of fused-ring (bicyclic) bond motifs is 1. The molecular formula is C33H34N4O4S. The molecular weight excluding hydrogens is 548 g/mol. The normalized spacial score (nSPS) is 16.1. The lowest BCUT2D eigenvalue weighted by molar-refractivity contribution is -0.141. The third kappa shape index (κ3) is 7.10. The van der Waals surface area contributed by atoms with Crippen LogP contribution in [0.1, 0.15) is 30.5 Å². The number of aliphatic imine (C=N–C) groups is 1. The molecule has 2 heterocycles. The van der Waals surface area contributed by atoms with Crippen molar-refractivity contribution in [3.05, 3.63) is 118 Å². The highest BCUT2D eigenvalue weighted by Crippen LogP contribution is 2.45. The predicted octanol–water partition coefficient (Wildman–Crippen LogP) is 5.87. The number of rotatable bonds is 11. The number of para-hydroxylation sites is 1. The van der Waals surface area contributed by atoms with Crippen molar-refractivity contribution >= 4 is 28.8 Å². The van der Waals surface area contributed by atoms with Gasteiger partial charge in [0.15, 0.2) is 5.17 Å². The second-order valence-corrected chi connectivity index (χ2v) is 11.1. The van der Waals surface area contributed by atoms with E-state index in [0.29, 0.717) is 34.5 Å². The molecule has 0 bridgehead atoms. The van der Waals surface area contributed by atoms with Crippen molar-refractivity contribution < 1.29 is 19.1 Å². The van der Waals surface area contributed by atoms with Gasteiger partial charge in [0.25, 0.3) is 0 Å². The van der Waals surface area contributed by atoms with E-state index >= 15 is 0 Å². The quantitative estimate of drug-likeness (QED) is 0.283. The minimum absolute atomic E-state index is 0.0932. The fraction of sp³-hybridized carbons (Fsp3) is 0.242. The Morgan fingerprint density at radius 2 is 1.69 bits per heavy atom. The summed E-state index contributed by atoms with van der Waals surface area (Å²) in [6.07, 6.45) is 0.154. The summed E-state index contributed by atoms with van der Waals surface area (Å²) in [5.41, 5.74) is 3.49. The summed E-state index contributed by atoms with van der Waals surface area (Å²) in [5, 5.41) is 5.64. The lowest BCUT2D eigenvalue weighted by Gasteiger charge is -2.36. The molecule has 0 unspecified atom stereocenters. The predicted molar refractivity (Wildman–Crippen MR) is 166 cm³/mol. The summed E-state index contributed by atoms with van der Waals surface area (Å²) >= 11 is 1.45. The maximum atomic E-state index is 13.7. The van der Waals surface area contributed by atoms with Crippen LogP contribution in [0.2, 0.25) is 0 Å². The molecule has 42 heavy (non-hydrogen) atoms. The number of thioether (sulfide) groups is 1. The van der Waals surface area contributed by atoms with E-state index in [9.17, 15) is 9.59 Å². The number of ether oxygens (including phenoxy) is 2. The lowest BCUT2D eigenvalue weighted by Crippen LogP contribution is -2.38. The molecule has 1 atom stereocenters. The minimum Gasteiger partial charge on any atom is -0.457 e. The van der Waals surface area contributed by atoms with Gasteiger partial charge in [0.05, 0.1) is 23.7 Å². The first-order valence-corrected chi connectivity index (χ1v) is 14.7. The first-order valence-electron chi connectivity index (χ1n) is 13.8. The molecule has 0 aromatic heterocycles. The Labute approximate surface area is 250 Å². The van der Waals surface area contributed by atoms with Gasteiger partial charge in [0.1, 0.15) is 18.1 Å². The van der Waals surface area contributed by atoms with Crippen molar-refractivity contribution in [1.29, 1.82) is 0 Å². The van der Waals surface area contributed by atoms with Gasteiger partial charge in [0.2, 0.25) is 5.91 Å². The van der Waals surface area contributed by atoms with E-state index in [-0.39, 0.29) is 18.9 Å². The number of benzene rings is 3. The van der Waals surface area contributed by atoms with Crippen molar-refractivity contribution in [1.82, 2.24) is 15.1 Å². The van der Waals surface area contributed by atoms with Crippen molar-refractivity contribution in [3.8, 4) is 11.5 Å². The topological polar surface area (TPSA) is 83.5 Å². The van der Waals surface area contributed by atoms with Gasteiger partial charge in [-0.25, -0.2) is 9.79 Å². The fourth-order valence-corrected chi connectivity index (χ4v) is 5.73. The molecule has 0 fully saturated rings. The fourth-order valence-electron chi connectivity index (χ4n) is 4.77. The molecule has 9 heteroatoms. The number of hydrogen-bond acceptors (Lipinski definition) is 8. The molecule has 8 nitrogen and oxygen atoms in total. The third-order valence-electron chi connectivity index (χ3n) is 6.81. The SMILES string of the molecule is CC1=C(C(=O)OCc2ccccc2)[C@@H](c2cccc(Oc3ccccc3)c2)N2C(CC(=O)NCCN(C)C)=CSC2=N1. The van der Waals surface area contributed by atoms with Crippen molar-refractivity contribution in [2.75, 3.05) is 27.2 Å². The van der Waals surface area contributed by atoms with Crippen LogP contribution in [0.5, 0.6) is 11.5 Å². The summed E-state index contributed by atoms with van der Waals surface area (Å²) in [5.74, 6) is 0.798. The smallest absolute Gasteiger partial charge is 0.338 e. The van der Waals surface area contributed by atoms with Crippen LogP contribution in [0.3, 0.4) is 0 Å². The second-order valence-electron chi connectivity index (χ2n) is 10.3. The van der Waals surface area contributed by atoms with E-state index < -0.39 is 12.0 Å². The van der Waals surface area contributed by atoms with E-state index in [1.165, 1.54) is 11.8 Å². The molecule has 2 aliphatic rings. The molecule has 1 N–H and O–H groups in total. The number of carbonyl (C=O) groups is 2. The zero-order valence-electron chi connectivity index (χ0n) is 23.9. The first kappa shape index (κ1) is 29.2. The van der Waals surface area contributed by atoms with E-state index in [1.54, 1.807) is 0 Å². The largest absolute Gasteiger partial charge is 0.457 e. The summed E-state index contributed by atoms with van der Waals surface area (Å²) in [6, 6.07) is 26.2. The van der Waals surface area contributed by atoms with E-state index in [0.717, 1.165) is 23.4 Å². The monoisotopic (exact) mass is 582 g/mol. The number of hydrogen-bond donors (Lipinski definition) is 1. The van der Waals surface area contributed by atoms with Gasteiger partial charge in [-0.1, -0.05) is 72.4 Å². The van der Waals surface area contributed by atoms with E-state index in [4.69, 9.17) is 14.5 Å². The summed E-state index contributed by atoms with van der Waals surface area (Å²) in [4.78, 5) is 35.4. The average molecular weight is 583 g/mol. The van der Waals surface area contributed by atoms with Crippen LogP contribution < -0.4 is 10.1 Å². The van der Waals surface area contributed by atoms with Crippen LogP contribution in [0.15, 0.2) is 112 Å². The average Bonchev–Trinajstić information content (AvgIpc) is 3.37. The zero-order chi connectivity index (χ0) is 29.5. The van der Waals surface area contributed by atoms with Gasteiger partial charge >= 0.3 is 5.97 Å². The number of carbonyl (C=O) groups excluding carboxylic acids is 2. The highest BCUT2D eigenvalue weighted by atomic mass is 32.2. The number of esters is 1. The van der Waals surface area contributed by atoms with Crippen LogP contribution in [0.4, 0.5) is 0 Å². The number of amides is 1. The van der Waals surface area contributed by atoms with Gasteiger partial charge in [-0.05, 0) is 61.8 Å². The van der Waals surface area contributed by atoms with E-state index in [2.05, 4.69) is 5.32 Å². The Kier molecular flexibility index (Phi) is 9.41. The number of amidine groups is 1. The van der Waals surface area contributed by atoms with Gasteiger partial charge in [0, 0.05) is 18.8 Å². The molecule has 3 aromatic carbocycles. The van der Waals surface area contributed by atoms with E-state index in [1.807, 2.05) is 121 Å². The Balaban J connectivity index is 1.46. The molecule has 0 saturated carbocycles. The number of allylic oxidation sites excluding steroid dienone is 1. The number of likely N-dealkylation sites (N-methyl/N-ethyl adjacent to an activating group) is 1. The van der Waals surface area contributed by atoms with Gasteiger partial charge in [-0.15, -0.1) is 0 Å². The third-order valence-corrected chi connectivity index (χ3v) is 7.70. The maximum absolute atomic E-state index is 13.7. The number of nitrogens with zero attached hydrogens (tertiary/aromatic N) is 3. The molecule has 0 aliphatic carbocycles. The summed E-state index contributed by atoms with van der Waals surface area (Å²) < 4.78 is 12.0. The lowest BCUT2D eigenvalue weighted by atomic mass is 9.93. The zero-order valence-corrected chi connectivity index (χ0v) is 24.8. The molecule has 2 aliphatic heterocycles. The molecule has 0 saturated heterocycles. The number of nitrogens with one attached hydrogen (secondary N) is 1. The molecule has 0 spiro atoms. The Bertz CT molecular complexity index is 1520. The van der Waals surface area contributed by atoms with Crippen LogP contribution in [0.25, 0.3) is 0 Å². The second kappa shape index (κ2) is 13.5. The van der Waals surface area contributed by atoms with Crippen LogP contribution in [0, 0.1) is 0 Å². The van der Waals surface area contributed by atoms with Crippen molar-refractivity contribution in [3.63, 3.8) is 0 Å². The van der Waals surface area contributed by atoms with Gasteiger partial charge in [-0.3, -0.25) is 4.79 Å². The van der Waals surface area contributed by atoms with Gasteiger partial charge in [-0.2, -0.15) is 0 Å². The Morgan fingerprint density at radius 1 is 0.976 bits per heavy atom. The highest BCUT2D eigenvalue weighted by molar-refractivity contribution is 8.16. The minimum atomic E-state index is -0.559. The molecule has 0 radical (unpaired) electrons. The van der Waals surface area contributed by atoms with Crippen molar-refractivity contribution in [2.45, 2.75) is 26.0 Å². The first-order chi connectivity index (χ1) is 20.4. The standard InChI is InChI=1S/C33H34N4O4S/c1-23-30(32(39)40-21-24-11-6-4-7-12-24)31(25-13-10-16-28(19-25)41-27-14-8-5-9-15-27)37-26(22-42-33(37)35-23)20-29(38)34-17-18-36(2)3/h4-16,19,22,31H,17-18,20-21H2,1-3H3,(H,34,38)/t31-/m1/s1. The molecule has 5 rings (SSSR count). The molecule has 1 amide bonds. The molecule has 216 valence electrons. The summed E-state index contributed by atoms with van der Waals surface area (Å²) in [7, 11) is 3.93. The molecule has 3 aromatic rings. The Morgan fingerprint density at radius 3 is 2.43 bits per heavy atom. The van der Waals surface area contributed by atoms with Gasteiger partial charge < -0.3 is 24.6 Å².